The van der Waals surface area contributed by atoms with Gasteiger partial charge in [0.25, 0.3) is 40.5 Å². The zero-order valence-electron chi connectivity index (χ0n) is 28.5. The van der Waals surface area contributed by atoms with Crippen LogP contribution in [0.3, 0.4) is 0 Å². The molecule has 0 aromatic heterocycles. The van der Waals surface area contributed by atoms with Crippen LogP contribution in [0.5, 0.6) is 11.5 Å². The summed E-state index contributed by atoms with van der Waals surface area (Å²) >= 11 is 0. The van der Waals surface area contributed by atoms with Crippen molar-refractivity contribution in [1.29, 1.82) is 0 Å². The summed E-state index contributed by atoms with van der Waals surface area (Å²) in [6.07, 6.45) is -1.35. The van der Waals surface area contributed by atoms with Crippen molar-refractivity contribution in [2.45, 2.75) is 32.9 Å². The molecule has 0 spiro atoms. The molecule has 0 aliphatic rings. The van der Waals surface area contributed by atoms with Gasteiger partial charge in [-0.25, -0.2) is 26.3 Å². The molecule has 0 radical (unpaired) electrons. The van der Waals surface area contributed by atoms with Crippen molar-refractivity contribution in [3.63, 3.8) is 0 Å². The van der Waals surface area contributed by atoms with Crippen molar-refractivity contribution in [2.75, 3.05) is 0 Å². The largest absolute Gasteiger partial charge is 0.450 e. The van der Waals surface area contributed by atoms with Crippen LogP contribution in [0.2, 0.25) is 0 Å². The Kier molecular flexibility index (Phi) is 10.6. The molecule has 25 heteroatoms. The zero-order valence-corrected chi connectivity index (χ0v) is 31.8. The summed E-state index contributed by atoms with van der Waals surface area (Å²) in [4.78, 5) is -3.88. The van der Waals surface area contributed by atoms with E-state index in [2.05, 4.69) is 0 Å². The van der Waals surface area contributed by atoms with Gasteiger partial charge in [0, 0.05) is 23.4 Å². The van der Waals surface area contributed by atoms with Gasteiger partial charge in [0.15, 0.2) is 34.9 Å². The first kappa shape index (κ1) is 43.3. The Morgan fingerprint density at radius 2 is 0.898 bits per heavy atom. The van der Waals surface area contributed by atoms with E-state index < -0.39 is 163 Å². The molecule has 0 amide bonds. The Hall–Kier alpha value is -5.28. The van der Waals surface area contributed by atoms with E-state index in [0.717, 1.165) is 25.1 Å². The summed E-state index contributed by atoms with van der Waals surface area (Å²) < 4.78 is 263. The van der Waals surface area contributed by atoms with Gasteiger partial charge in [-0.2, -0.15) is 42.5 Å². The molecule has 0 bridgehead atoms. The normalized spacial score (nSPS) is 12.8. The fourth-order valence-electron chi connectivity index (χ4n) is 6.13. The van der Waals surface area contributed by atoms with Gasteiger partial charge in [-0.05, 0) is 76.7 Å². The highest BCUT2D eigenvalue weighted by Gasteiger charge is 2.36. The highest BCUT2D eigenvalue weighted by molar-refractivity contribution is 7.86. The van der Waals surface area contributed by atoms with Crippen LogP contribution >= 0.6 is 0 Å². The average Bonchev–Trinajstić information content (AvgIpc) is 3.12. The first-order valence-electron chi connectivity index (χ1n) is 15.5. The zero-order chi connectivity index (χ0) is 44.1. The Morgan fingerprint density at radius 3 is 1.37 bits per heavy atom. The molecule has 0 unspecified atom stereocenters. The summed E-state index contributed by atoms with van der Waals surface area (Å²) in [6.45, 7) is 1.10. The minimum absolute atomic E-state index is 0.249. The van der Waals surface area contributed by atoms with Gasteiger partial charge >= 0.3 is 0 Å². The van der Waals surface area contributed by atoms with Crippen LogP contribution in [0.1, 0.15) is 16.7 Å². The minimum Gasteiger partial charge on any atom is -0.450 e. The van der Waals surface area contributed by atoms with Crippen LogP contribution in [0.25, 0.3) is 32.7 Å². The molecule has 0 aliphatic carbocycles. The van der Waals surface area contributed by atoms with Gasteiger partial charge in [-0.15, -0.1) is 0 Å². The first-order valence-corrected chi connectivity index (χ1v) is 21.2. The van der Waals surface area contributed by atoms with Crippen LogP contribution in [0, 0.1) is 53.5 Å². The van der Waals surface area contributed by atoms with Crippen LogP contribution in [0.15, 0.2) is 74.2 Å². The Labute approximate surface area is 326 Å². The van der Waals surface area contributed by atoms with E-state index >= 15 is 35.1 Å². The van der Waals surface area contributed by atoms with Crippen molar-refractivity contribution in [3.05, 3.63) is 118 Å². The van der Waals surface area contributed by atoms with E-state index in [-0.39, 0.29) is 10.9 Å². The van der Waals surface area contributed by atoms with E-state index in [1.165, 1.54) is 0 Å². The number of halogens is 8. The number of ether oxygens (including phenoxy) is 1. The molecular weight excluding hydrogens is 897 g/mol. The number of fused-ring (bicyclic) bond motifs is 2. The predicted octanol–water partition coefficient (Wildman–Crippen LogP) is 7.45. The summed E-state index contributed by atoms with van der Waals surface area (Å²) in [5.74, 6) is -24.1. The van der Waals surface area contributed by atoms with Crippen LogP contribution in [0.4, 0.5) is 35.1 Å². The average molecular weight is 915 g/mol. The second-order valence-electron chi connectivity index (χ2n) is 12.5. The van der Waals surface area contributed by atoms with Gasteiger partial charge in [0.1, 0.15) is 5.75 Å². The van der Waals surface area contributed by atoms with Gasteiger partial charge < -0.3 is 4.74 Å². The maximum atomic E-state index is 15.7. The fourth-order valence-corrected chi connectivity index (χ4v) is 8.35. The van der Waals surface area contributed by atoms with E-state index in [1.807, 2.05) is 0 Å². The lowest BCUT2D eigenvalue weighted by atomic mass is 9.94. The van der Waals surface area contributed by atoms with Gasteiger partial charge in [-0.3, -0.25) is 18.2 Å². The second kappa shape index (κ2) is 14.5. The smallest absolute Gasteiger partial charge is 0.294 e. The van der Waals surface area contributed by atoms with Gasteiger partial charge in [0.2, 0.25) is 17.4 Å². The number of rotatable bonds is 9. The molecule has 0 aliphatic heterocycles. The number of hydrogen-bond acceptors (Lipinski definition) is 9. The van der Waals surface area contributed by atoms with Crippen molar-refractivity contribution >= 4 is 62.0 Å². The van der Waals surface area contributed by atoms with Crippen molar-refractivity contribution in [1.82, 2.24) is 0 Å². The lowest BCUT2D eigenvalue weighted by Gasteiger charge is -2.18. The number of hydrogen-bond donors (Lipinski definition) is 4. The molecule has 0 saturated heterocycles. The molecule has 6 rings (SSSR count). The van der Waals surface area contributed by atoms with E-state index in [9.17, 15) is 51.9 Å². The maximum Gasteiger partial charge on any atom is 0.294 e. The minimum atomic E-state index is -5.27. The molecule has 0 fully saturated rings. The van der Waals surface area contributed by atoms with E-state index in [0.29, 0.717) is 36.4 Å². The molecule has 0 heterocycles. The van der Waals surface area contributed by atoms with Gasteiger partial charge in [0.05, 0.1) is 30.7 Å². The quantitative estimate of drug-likeness (QED) is 0.0629. The third-order valence-corrected chi connectivity index (χ3v) is 12.1. The van der Waals surface area contributed by atoms with E-state index in [1.54, 1.807) is 0 Å². The monoisotopic (exact) mass is 914 g/mol. The standard InChI is InChI=1S/C34H18F8O13S4/c1-12-4-17(57(46,47)48)8-15-9-19(59(52,53)54)11-22(23(12)15)55-34-32(41)30(39)25(31(40)33(34)42)24-28(37)26(35)21(27(36)29(24)38)10-14-7-18(58(49,50)51)6-13-5-16(56(43,44)45)2-3-20(13)14/h2-9,11H,10H2,1H3,(H,43,44,45)(H,46,47,48)(H,49,50,51)(H,52,53,54). The Bertz CT molecular complexity index is 3260. The van der Waals surface area contributed by atoms with Crippen molar-refractivity contribution in [2.24, 2.45) is 0 Å². The van der Waals surface area contributed by atoms with E-state index in [4.69, 9.17) is 4.74 Å². The lowest BCUT2D eigenvalue weighted by molar-refractivity contribution is 0.368. The van der Waals surface area contributed by atoms with Crippen LogP contribution in [-0.4, -0.2) is 51.9 Å². The molecule has 0 saturated carbocycles. The van der Waals surface area contributed by atoms with Crippen molar-refractivity contribution in [3.8, 4) is 22.6 Å². The van der Waals surface area contributed by atoms with Crippen molar-refractivity contribution < 1.29 is 91.7 Å². The number of benzene rings is 6. The molecule has 4 N–H and O–H groups in total. The highest BCUT2D eigenvalue weighted by atomic mass is 32.2. The molecule has 6 aromatic rings. The molecule has 312 valence electrons. The summed E-state index contributed by atoms with van der Waals surface area (Å²) in [6, 6.07) is 5.84. The molecule has 6 aromatic carbocycles. The summed E-state index contributed by atoms with van der Waals surface area (Å²) in [5.41, 5.74) is -7.19. The maximum absolute atomic E-state index is 15.7. The summed E-state index contributed by atoms with van der Waals surface area (Å²) in [5, 5.41) is -1.64. The Morgan fingerprint density at radius 1 is 0.492 bits per heavy atom. The predicted molar refractivity (Wildman–Crippen MR) is 186 cm³/mol. The van der Waals surface area contributed by atoms with Crippen LogP contribution in [-0.2, 0) is 46.9 Å². The molecule has 59 heavy (non-hydrogen) atoms. The fraction of sp³-hybridized carbons (Fsp3) is 0.0588. The third kappa shape index (κ3) is 7.82. The topological polar surface area (TPSA) is 227 Å². The van der Waals surface area contributed by atoms with Crippen LogP contribution < -0.4 is 4.74 Å². The molecular formula is C34H18F8O13S4. The van der Waals surface area contributed by atoms with Gasteiger partial charge in [-0.1, -0.05) is 6.07 Å². The lowest BCUT2D eigenvalue weighted by Crippen LogP contribution is -2.11. The summed E-state index contributed by atoms with van der Waals surface area (Å²) in [7, 11) is -20.4. The first-order chi connectivity index (χ1) is 27.0. The molecule has 0 atom stereocenters. The highest BCUT2D eigenvalue weighted by Crippen LogP contribution is 2.44. The number of aryl methyl sites for hydroxylation is 1. The third-order valence-electron chi connectivity index (χ3n) is 8.74. The Balaban J connectivity index is 1.52. The second-order valence-corrected chi connectivity index (χ2v) is 18.2. The SMILES string of the molecule is Cc1cc(S(=O)(=O)O)cc2cc(S(=O)(=O)O)cc(Oc3c(F)c(F)c(-c4c(F)c(F)c(Cc5cc(S(=O)(=O)O)cc6cc(S(=O)(=O)O)ccc56)c(F)c4F)c(F)c3F)c12. The molecule has 13 nitrogen and oxygen atoms in total.